The van der Waals surface area contributed by atoms with Crippen LogP contribution in [-0.4, -0.2) is 30.7 Å². The molecule has 2 heterocycles. The third kappa shape index (κ3) is 6.99. The molecule has 7 nitrogen and oxygen atoms in total. The van der Waals surface area contributed by atoms with Gasteiger partial charge in [0.2, 0.25) is 5.91 Å². The monoisotopic (exact) mass is 678 g/mol. The minimum Gasteiger partial charge on any atom is -0.370 e. The van der Waals surface area contributed by atoms with Crippen molar-refractivity contribution in [1.82, 2.24) is 0 Å². The lowest BCUT2D eigenvalue weighted by Gasteiger charge is -2.26. The minimum atomic E-state index is -3.29. The molecule has 246 valence electrons. The van der Waals surface area contributed by atoms with E-state index in [2.05, 4.69) is 54.6 Å². The lowest BCUT2D eigenvalue weighted by Crippen LogP contribution is -2.30. The predicted molar refractivity (Wildman–Crippen MR) is 194 cm³/mol. The molecule has 3 aliphatic rings. The van der Waals surface area contributed by atoms with Crippen LogP contribution in [-0.2, 0) is 38.7 Å². The van der Waals surface area contributed by atoms with Gasteiger partial charge in [-0.15, -0.1) is 11.3 Å². The molecule has 1 unspecified atom stereocenters. The SMILES string of the molecule is CC(C)C(=O)N(O)c1cccc(-c2ccc(C3=Cc4ccc5c(c4CC3)CCc3ccccc3-5)s2)c1.NC(=O)CC1C=CC=CS1(=O)=O. The summed E-state index contributed by atoms with van der Waals surface area (Å²) >= 11 is 1.77. The summed E-state index contributed by atoms with van der Waals surface area (Å²) in [7, 11) is -3.29. The Kier molecular flexibility index (Phi) is 9.64. The maximum atomic E-state index is 12.2. The highest BCUT2D eigenvalue weighted by molar-refractivity contribution is 7.95. The van der Waals surface area contributed by atoms with Gasteiger partial charge in [-0.05, 0) is 94.5 Å². The second kappa shape index (κ2) is 13.9. The topological polar surface area (TPSA) is 118 Å². The van der Waals surface area contributed by atoms with Crippen LogP contribution in [0.2, 0.25) is 0 Å². The first-order chi connectivity index (χ1) is 23.0. The molecule has 3 aromatic carbocycles. The number of thiophene rings is 1. The number of sulfone groups is 1. The zero-order valence-electron chi connectivity index (χ0n) is 26.9. The van der Waals surface area contributed by atoms with E-state index < -0.39 is 21.0 Å². The zero-order valence-corrected chi connectivity index (χ0v) is 28.6. The summed E-state index contributed by atoms with van der Waals surface area (Å²) in [5.41, 5.74) is 16.5. The number of hydrogen-bond donors (Lipinski definition) is 2. The van der Waals surface area contributed by atoms with E-state index in [1.54, 1.807) is 37.3 Å². The number of carbonyl (C=O) groups is 2. The number of aryl methyl sites for hydroxylation is 1. The standard InChI is InChI=1S/C32H29NO2S.C7H9NO3S/c1-20(2)32(34)33(35)25-8-5-7-23(19-25)30-16-17-31(36-30)24-12-13-27-22(18-24)11-15-28-26-9-4-3-6-21(26)10-14-29(27)28;8-7(9)5-6-3-1-2-4-12(6,10)11/h3-9,11,15-20,35H,10,12-14H2,1-2H3;1-4,6H,5H2,(H2,8,9). The molecule has 0 bridgehead atoms. The molecule has 9 heteroatoms. The normalized spacial score (nSPS) is 16.9. The molecule has 2 amide bonds. The minimum absolute atomic E-state index is 0.150. The fourth-order valence-electron chi connectivity index (χ4n) is 6.42. The first kappa shape index (κ1) is 33.3. The molecule has 0 saturated heterocycles. The first-order valence-electron chi connectivity index (χ1n) is 16.1. The summed E-state index contributed by atoms with van der Waals surface area (Å²) in [5.74, 6) is -1.19. The molecule has 2 aliphatic carbocycles. The molecule has 3 N–H and O–H groups in total. The Morgan fingerprint density at radius 2 is 1.67 bits per heavy atom. The highest BCUT2D eigenvalue weighted by Crippen LogP contribution is 2.42. The number of hydroxylamine groups is 1. The van der Waals surface area contributed by atoms with Crippen molar-refractivity contribution in [2.45, 2.75) is 51.2 Å². The summed E-state index contributed by atoms with van der Waals surface area (Å²) in [6, 6.07) is 25.3. The molecule has 0 radical (unpaired) electrons. The molecule has 0 saturated carbocycles. The van der Waals surface area contributed by atoms with Crippen molar-refractivity contribution < 1.29 is 23.2 Å². The average Bonchev–Trinajstić information content (AvgIpc) is 3.59. The summed E-state index contributed by atoms with van der Waals surface area (Å²) in [4.78, 5) is 25.1. The van der Waals surface area contributed by atoms with Crippen LogP contribution in [0.25, 0.3) is 33.2 Å². The van der Waals surface area contributed by atoms with Crippen LogP contribution < -0.4 is 10.8 Å². The molecule has 4 aromatic rings. The van der Waals surface area contributed by atoms with Crippen molar-refractivity contribution in [3.05, 3.63) is 124 Å². The first-order valence-corrected chi connectivity index (χ1v) is 18.5. The van der Waals surface area contributed by atoms with Crippen LogP contribution in [0.1, 0.15) is 53.8 Å². The highest BCUT2D eigenvalue weighted by Gasteiger charge is 2.25. The number of hydrogen-bond acceptors (Lipinski definition) is 6. The van der Waals surface area contributed by atoms with Gasteiger partial charge in [0, 0.05) is 27.5 Å². The Morgan fingerprint density at radius 3 is 2.44 bits per heavy atom. The van der Waals surface area contributed by atoms with E-state index in [0.717, 1.165) is 46.6 Å². The lowest BCUT2D eigenvalue weighted by molar-refractivity contribution is -0.126. The number of anilines is 1. The second-order valence-electron chi connectivity index (χ2n) is 12.5. The van der Waals surface area contributed by atoms with Gasteiger partial charge in [0.1, 0.15) is 0 Å². The van der Waals surface area contributed by atoms with E-state index in [1.807, 2.05) is 18.2 Å². The van der Waals surface area contributed by atoms with Gasteiger partial charge < -0.3 is 5.73 Å². The van der Waals surface area contributed by atoms with Gasteiger partial charge in [0.15, 0.2) is 9.84 Å². The number of nitrogens with zero attached hydrogens (tertiary/aromatic N) is 1. The van der Waals surface area contributed by atoms with Crippen molar-refractivity contribution in [2.75, 3.05) is 5.06 Å². The predicted octanol–water partition coefficient (Wildman–Crippen LogP) is 7.77. The van der Waals surface area contributed by atoms with Gasteiger partial charge in [0.05, 0.1) is 10.9 Å². The molecule has 1 atom stereocenters. The summed E-state index contributed by atoms with van der Waals surface area (Å²) in [6.07, 6.45) is 11.1. The van der Waals surface area contributed by atoms with Crippen molar-refractivity contribution in [3.8, 4) is 21.6 Å². The number of primary amides is 1. The third-order valence-corrected chi connectivity index (χ3v) is 11.8. The molecule has 1 aromatic heterocycles. The maximum absolute atomic E-state index is 12.2. The molecular weight excluding hydrogens is 641 g/mol. The summed E-state index contributed by atoms with van der Waals surface area (Å²) in [5, 5.41) is 11.4. The Hall–Kier alpha value is -4.57. The molecule has 7 rings (SSSR count). The van der Waals surface area contributed by atoms with Crippen LogP contribution in [0.15, 0.2) is 96.4 Å². The second-order valence-corrected chi connectivity index (χ2v) is 15.7. The van der Waals surface area contributed by atoms with E-state index in [9.17, 15) is 23.2 Å². The number of rotatable bonds is 6. The van der Waals surface area contributed by atoms with Crippen molar-refractivity contribution >= 4 is 50.3 Å². The molecule has 48 heavy (non-hydrogen) atoms. The number of fused-ring (bicyclic) bond motifs is 5. The smallest absolute Gasteiger partial charge is 0.253 e. The Labute approximate surface area is 285 Å². The van der Waals surface area contributed by atoms with Crippen LogP contribution in [0.5, 0.6) is 0 Å². The maximum Gasteiger partial charge on any atom is 0.253 e. The molecular formula is C39H38N2O5S2. The quantitative estimate of drug-likeness (QED) is 0.160. The largest absolute Gasteiger partial charge is 0.370 e. The highest BCUT2D eigenvalue weighted by atomic mass is 32.2. The van der Waals surface area contributed by atoms with E-state index >= 15 is 0 Å². The molecule has 0 fully saturated rings. The van der Waals surface area contributed by atoms with Crippen LogP contribution in [0.4, 0.5) is 5.69 Å². The van der Waals surface area contributed by atoms with E-state index in [0.29, 0.717) is 5.69 Å². The lowest BCUT2D eigenvalue weighted by atomic mass is 9.78. The van der Waals surface area contributed by atoms with E-state index in [-0.39, 0.29) is 18.2 Å². The van der Waals surface area contributed by atoms with Crippen molar-refractivity contribution in [3.63, 3.8) is 0 Å². The third-order valence-electron chi connectivity index (χ3n) is 8.92. The number of nitrogens with two attached hydrogens (primary N) is 1. The van der Waals surface area contributed by atoms with Gasteiger partial charge >= 0.3 is 0 Å². The van der Waals surface area contributed by atoms with Crippen LogP contribution in [0.3, 0.4) is 0 Å². The average molecular weight is 679 g/mol. The van der Waals surface area contributed by atoms with E-state index in [4.69, 9.17) is 5.73 Å². The number of amides is 2. The number of carbonyl (C=O) groups excluding carboxylic acids is 2. The summed E-state index contributed by atoms with van der Waals surface area (Å²) < 4.78 is 22.3. The summed E-state index contributed by atoms with van der Waals surface area (Å²) in [6.45, 7) is 3.57. The fraction of sp³-hybridized carbons (Fsp3) is 0.231. The van der Waals surface area contributed by atoms with Crippen LogP contribution in [0, 0.1) is 5.92 Å². The molecule has 0 spiro atoms. The fourth-order valence-corrected chi connectivity index (χ4v) is 8.68. The van der Waals surface area contributed by atoms with Gasteiger partial charge in [-0.3, -0.25) is 14.8 Å². The molecule has 1 aliphatic heterocycles. The Morgan fingerprint density at radius 1 is 0.896 bits per heavy atom. The van der Waals surface area contributed by atoms with Crippen molar-refractivity contribution in [1.29, 1.82) is 0 Å². The van der Waals surface area contributed by atoms with Gasteiger partial charge in [-0.25, -0.2) is 8.42 Å². The van der Waals surface area contributed by atoms with Gasteiger partial charge in [-0.1, -0.05) is 86.7 Å². The Balaban J connectivity index is 0.000000284. The van der Waals surface area contributed by atoms with Crippen molar-refractivity contribution in [2.24, 2.45) is 11.7 Å². The number of benzene rings is 3. The van der Waals surface area contributed by atoms with Crippen LogP contribution >= 0.6 is 11.3 Å². The Bertz CT molecular complexity index is 2090. The number of allylic oxidation sites excluding steroid dienone is 3. The zero-order chi connectivity index (χ0) is 34.0. The van der Waals surface area contributed by atoms with E-state index in [1.165, 1.54) is 56.0 Å². The van der Waals surface area contributed by atoms with Gasteiger partial charge in [0.25, 0.3) is 5.91 Å². The van der Waals surface area contributed by atoms with Gasteiger partial charge in [-0.2, -0.15) is 5.06 Å².